The summed E-state index contributed by atoms with van der Waals surface area (Å²) in [5, 5.41) is 12.5. The number of aromatic nitrogens is 1. The van der Waals surface area contributed by atoms with E-state index in [1.807, 2.05) is 31.2 Å². The number of nitrogens with one attached hydrogen (secondary N) is 1. The Morgan fingerprint density at radius 2 is 2.36 bits per heavy atom. The summed E-state index contributed by atoms with van der Waals surface area (Å²) >= 11 is 0. The van der Waals surface area contributed by atoms with Gasteiger partial charge in [-0.1, -0.05) is 25.5 Å². The molecule has 2 unspecified atom stereocenters. The zero-order valence-electron chi connectivity index (χ0n) is 12.6. The lowest BCUT2D eigenvalue weighted by atomic mass is 9.86. The zero-order chi connectivity index (χ0) is 15.6. The van der Waals surface area contributed by atoms with E-state index in [0.29, 0.717) is 11.5 Å². The van der Waals surface area contributed by atoms with Crippen LogP contribution < -0.4 is 5.32 Å². The molecule has 116 valence electrons. The lowest BCUT2D eigenvalue weighted by Gasteiger charge is -2.29. The molecule has 5 nitrogen and oxygen atoms in total. The van der Waals surface area contributed by atoms with Crippen LogP contribution in [0.5, 0.6) is 0 Å². The van der Waals surface area contributed by atoms with Crippen molar-refractivity contribution < 1.29 is 14.3 Å². The number of aliphatic hydroxyl groups excluding tert-OH is 1. The van der Waals surface area contributed by atoms with Crippen LogP contribution in [0.15, 0.2) is 34.8 Å². The SMILES string of the molecule is CC1(CO)CCCC1NC(=O)/C=C/c1nc2ccccc2o1. The number of nitrogens with zero attached hydrogens (tertiary/aromatic N) is 1. The Balaban J connectivity index is 1.66. The molecule has 0 spiro atoms. The summed E-state index contributed by atoms with van der Waals surface area (Å²) in [6, 6.07) is 7.48. The number of benzene rings is 1. The Bertz CT molecular complexity index is 674. The fourth-order valence-corrected chi connectivity index (χ4v) is 3.00. The molecule has 1 saturated carbocycles. The third kappa shape index (κ3) is 2.90. The molecule has 1 fully saturated rings. The van der Waals surface area contributed by atoms with Crippen LogP contribution in [0, 0.1) is 5.41 Å². The summed E-state index contributed by atoms with van der Waals surface area (Å²) < 4.78 is 5.53. The van der Waals surface area contributed by atoms with E-state index in [9.17, 15) is 9.90 Å². The van der Waals surface area contributed by atoms with Gasteiger partial charge in [0.25, 0.3) is 0 Å². The highest BCUT2D eigenvalue weighted by Crippen LogP contribution is 2.37. The first-order valence-corrected chi connectivity index (χ1v) is 7.56. The van der Waals surface area contributed by atoms with Crippen LogP contribution >= 0.6 is 0 Å². The Morgan fingerprint density at radius 3 is 3.14 bits per heavy atom. The second-order valence-electron chi connectivity index (χ2n) is 6.12. The van der Waals surface area contributed by atoms with Crippen molar-refractivity contribution in [2.45, 2.75) is 32.2 Å². The van der Waals surface area contributed by atoms with Gasteiger partial charge in [-0.25, -0.2) is 4.98 Å². The standard InChI is InChI=1S/C17H20N2O3/c1-17(11-20)10-4-7-14(17)19-15(21)8-9-16-18-12-5-2-3-6-13(12)22-16/h2-3,5-6,8-9,14,20H,4,7,10-11H2,1H3,(H,19,21)/b9-8+. The minimum atomic E-state index is -0.221. The average molecular weight is 300 g/mol. The van der Waals surface area contributed by atoms with E-state index >= 15 is 0 Å². The molecule has 2 aromatic rings. The van der Waals surface area contributed by atoms with Gasteiger partial charge in [-0.2, -0.15) is 0 Å². The van der Waals surface area contributed by atoms with Gasteiger partial charge in [0.1, 0.15) is 5.52 Å². The lowest BCUT2D eigenvalue weighted by molar-refractivity contribution is -0.118. The third-order valence-electron chi connectivity index (χ3n) is 4.45. The molecule has 22 heavy (non-hydrogen) atoms. The summed E-state index contributed by atoms with van der Waals surface area (Å²) in [5.74, 6) is 0.224. The van der Waals surface area contributed by atoms with Crippen molar-refractivity contribution in [3.05, 3.63) is 36.2 Å². The maximum atomic E-state index is 12.0. The highest BCUT2D eigenvalue weighted by Gasteiger charge is 2.38. The first-order valence-electron chi connectivity index (χ1n) is 7.56. The number of aliphatic hydroxyl groups is 1. The summed E-state index contributed by atoms with van der Waals surface area (Å²) in [7, 11) is 0. The summed E-state index contributed by atoms with van der Waals surface area (Å²) in [5.41, 5.74) is 1.25. The van der Waals surface area contributed by atoms with E-state index in [-0.39, 0.29) is 24.0 Å². The predicted molar refractivity (Wildman–Crippen MR) is 84.0 cm³/mol. The summed E-state index contributed by atoms with van der Waals surface area (Å²) in [4.78, 5) is 16.3. The van der Waals surface area contributed by atoms with Gasteiger partial charge in [-0.05, 0) is 25.0 Å². The van der Waals surface area contributed by atoms with Gasteiger partial charge >= 0.3 is 0 Å². The number of hydrogen-bond acceptors (Lipinski definition) is 4. The Morgan fingerprint density at radius 1 is 1.55 bits per heavy atom. The van der Waals surface area contributed by atoms with Gasteiger partial charge in [0, 0.05) is 23.6 Å². The van der Waals surface area contributed by atoms with Crippen molar-refractivity contribution in [1.82, 2.24) is 10.3 Å². The van der Waals surface area contributed by atoms with Gasteiger partial charge in [-0.3, -0.25) is 4.79 Å². The maximum absolute atomic E-state index is 12.0. The molecular weight excluding hydrogens is 280 g/mol. The van der Waals surface area contributed by atoms with Crippen LogP contribution in [0.1, 0.15) is 32.1 Å². The van der Waals surface area contributed by atoms with Crippen molar-refractivity contribution in [3.63, 3.8) is 0 Å². The summed E-state index contributed by atoms with van der Waals surface area (Å²) in [6.45, 7) is 2.10. The Kier molecular flexibility index (Phi) is 3.98. The van der Waals surface area contributed by atoms with Crippen LogP contribution in [-0.4, -0.2) is 28.6 Å². The fraction of sp³-hybridized carbons (Fsp3) is 0.412. The molecule has 5 heteroatoms. The normalized spacial score (nSPS) is 25.1. The molecule has 0 saturated heterocycles. The van der Waals surface area contributed by atoms with E-state index in [4.69, 9.17) is 4.42 Å². The monoisotopic (exact) mass is 300 g/mol. The average Bonchev–Trinajstić information content (AvgIpc) is 3.09. The Labute approximate surface area is 129 Å². The van der Waals surface area contributed by atoms with Gasteiger partial charge in [0.15, 0.2) is 5.58 Å². The third-order valence-corrected chi connectivity index (χ3v) is 4.45. The molecule has 0 aliphatic heterocycles. The number of oxazole rings is 1. The van der Waals surface area contributed by atoms with Crippen molar-refractivity contribution in [2.75, 3.05) is 6.61 Å². The predicted octanol–water partition coefficient (Wildman–Crippen LogP) is 2.51. The highest BCUT2D eigenvalue weighted by atomic mass is 16.3. The minimum absolute atomic E-state index is 0.0123. The highest BCUT2D eigenvalue weighted by molar-refractivity contribution is 5.91. The molecule has 1 heterocycles. The van der Waals surface area contributed by atoms with Crippen molar-refractivity contribution >= 4 is 23.1 Å². The van der Waals surface area contributed by atoms with E-state index in [0.717, 1.165) is 24.8 Å². The second kappa shape index (κ2) is 5.93. The van der Waals surface area contributed by atoms with E-state index in [1.165, 1.54) is 6.08 Å². The molecule has 0 radical (unpaired) electrons. The second-order valence-corrected chi connectivity index (χ2v) is 6.12. The van der Waals surface area contributed by atoms with E-state index < -0.39 is 0 Å². The van der Waals surface area contributed by atoms with Crippen LogP contribution in [0.3, 0.4) is 0 Å². The van der Waals surface area contributed by atoms with Crippen molar-refractivity contribution in [2.24, 2.45) is 5.41 Å². The maximum Gasteiger partial charge on any atom is 0.244 e. The zero-order valence-corrected chi connectivity index (χ0v) is 12.6. The first kappa shape index (κ1) is 14.8. The number of para-hydroxylation sites is 2. The van der Waals surface area contributed by atoms with Crippen LogP contribution in [0.2, 0.25) is 0 Å². The Hall–Kier alpha value is -2.14. The van der Waals surface area contributed by atoms with Gasteiger partial charge in [-0.15, -0.1) is 0 Å². The molecular formula is C17H20N2O3. The van der Waals surface area contributed by atoms with Gasteiger partial charge in [0.05, 0.1) is 6.61 Å². The van der Waals surface area contributed by atoms with E-state index in [2.05, 4.69) is 10.3 Å². The summed E-state index contributed by atoms with van der Waals surface area (Å²) in [6.07, 6.45) is 5.86. The number of fused-ring (bicyclic) bond motifs is 1. The van der Waals surface area contributed by atoms with E-state index in [1.54, 1.807) is 6.08 Å². The van der Waals surface area contributed by atoms with Crippen LogP contribution in [-0.2, 0) is 4.79 Å². The molecule has 0 bridgehead atoms. The van der Waals surface area contributed by atoms with Crippen LogP contribution in [0.4, 0.5) is 0 Å². The number of carbonyl (C=O) groups excluding carboxylic acids is 1. The van der Waals surface area contributed by atoms with Gasteiger partial charge in [0.2, 0.25) is 11.8 Å². The molecule has 2 atom stereocenters. The van der Waals surface area contributed by atoms with Crippen LogP contribution in [0.25, 0.3) is 17.2 Å². The topological polar surface area (TPSA) is 75.4 Å². The molecule has 3 rings (SSSR count). The molecule has 2 N–H and O–H groups in total. The molecule has 1 aliphatic rings. The first-order chi connectivity index (χ1) is 10.6. The molecule has 1 aromatic carbocycles. The number of carbonyl (C=O) groups is 1. The number of amides is 1. The quantitative estimate of drug-likeness (QED) is 0.851. The van der Waals surface area contributed by atoms with Gasteiger partial charge < -0.3 is 14.8 Å². The molecule has 1 aromatic heterocycles. The minimum Gasteiger partial charge on any atom is -0.437 e. The number of hydrogen-bond donors (Lipinski definition) is 2. The fourth-order valence-electron chi connectivity index (χ4n) is 3.00. The smallest absolute Gasteiger partial charge is 0.244 e. The van der Waals surface area contributed by atoms with Crippen molar-refractivity contribution in [1.29, 1.82) is 0 Å². The molecule has 1 aliphatic carbocycles. The van der Waals surface area contributed by atoms with Crippen molar-refractivity contribution in [3.8, 4) is 0 Å². The lowest BCUT2D eigenvalue weighted by Crippen LogP contribution is -2.44. The largest absolute Gasteiger partial charge is 0.437 e. The number of rotatable bonds is 4. The molecule has 1 amide bonds.